The number of rotatable bonds is 18. The summed E-state index contributed by atoms with van der Waals surface area (Å²) in [6.45, 7) is 4.51. The summed E-state index contributed by atoms with van der Waals surface area (Å²) >= 11 is 5.40. The van der Waals surface area contributed by atoms with Crippen molar-refractivity contribution in [3.63, 3.8) is 0 Å². The third-order valence-corrected chi connectivity index (χ3v) is 6.98. The molecule has 6 heteroatoms. The van der Waals surface area contributed by atoms with E-state index in [0.717, 1.165) is 12.8 Å². The molecule has 0 bridgehead atoms. The molecule has 2 N–H and O–H groups in total. The third-order valence-electron chi connectivity index (χ3n) is 6.68. The Morgan fingerprint density at radius 1 is 0.550 bits per heavy atom. The van der Waals surface area contributed by atoms with Crippen molar-refractivity contribution >= 4 is 11.6 Å². The van der Waals surface area contributed by atoms with E-state index < -0.39 is 0 Å². The van der Waals surface area contributed by atoms with Crippen LogP contribution in [0.3, 0.4) is 0 Å². The zero-order chi connectivity index (χ0) is 28.8. The zero-order valence-corrected chi connectivity index (χ0v) is 25.0. The molecule has 0 spiro atoms. The minimum absolute atomic E-state index is 0.0190. The van der Waals surface area contributed by atoms with E-state index in [9.17, 15) is 0 Å². The van der Waals surface area contributed by atoms with Crippen LogP contribution in [0.25, 0.3) is 0 Å². The van der Waals surface area contributed by atoms with Crippen LogP contribution in [0.5, 0.6) is 23.0 Å². The van der Waals surface area contributed by atoms with Crippen LogP contribution in [0, 0.1) is 0 Å². The molecule has 220 valence electrons. The van der Waals surface area contributed by atoms with Gasteiger partial charge in [0.15, 0.2) is 11.5 Å². The number of aromatic hydroxyl groups is 2. The Kier molecular flexibility index (Phi) is 17.4. The molecule has 5 nitrogen and oxygen atoms in total. The highest BCUT2D eigenvalue weighted by molar-refractivity contribution is 6.32. The minimum Gasteiger partial charge on any atom is -0.508 e. The molecule has 3 aromatic carbocycles. The van der Waals surface area contributed by atoms with Gasteiger partial charge in [0.25, 0.3) is 0 Å². The van der Waals surface area contributed by atoms with Gasteiger partial charge in [-0.1, -0.05) is 114 Å². The molecule has 0 atom stereocenters. The molecule has 0 aliphatic heterocycles. The van der Waals surface area contributed by atoms with Gasteiger partial charge in [-0.15, -0.1) is 0 Å². The molecule has 0 aliphatic rings. The predicted octanol–water partition coefficient (Wildman–Crippen LogP) is 10.5. The Labute approximate surface area is 245 Å². The molecule has 0 radical (unpaired) electrons. The second-order valence-corrected chi connectivity index (χ2v) is 10.6. The lowest BCUT2D eigenvalue weighted by Gasteiger charge is -2.07. The number of aryl methyl sites for hydroxylation is 2. The lowest BCUT2D eigenvalue weighted by molar-refractivity contribution is -0.411. The van der Waals surface area contributed by atoms with Crippen molar-refractivity contribution < 1.29 is 25.0 Å². The smallest absolute Gasteiger partial charge is 0.169 e. The molecule has 0 aromatic heterocycles. The van der Waals surface area contributed by atoms with E-state index in [4.69, 9.17) is 36.6 Å². The average molecular weight is 571 g/mol. The highest BCUT2D eigenvalue weighted by atomic mass is 35.5. The average Bonchev–Trinajstić information content (AvgIpc) is 2.96. The van der Waals surface area contributed by atoms with Crippen LogP contribution in [0.2, 0.25) is 5.02 Å². The first-order valence-corrected chi connectivity index (χ1v) is 15.3. The quantitative estimate of drug-likeness (QED) is 0.0688. The summed E-state index contributed by atoms with van der Waals surface area (Å²) < 4.78 is 0. The van der Waals surface area contributed by atoms with E-state index >= 15 is 0 Å². The van der Waals surface area contributed by atoms with E-state index in [1.54, 1.807) is 0 Å². The second kappa shape index (κ2) is 20.9. The first kappa shape index (κ1) is 33.3. The number of benzene rings is 3. The number of halogens is 1. The molecular weight excluding hydrogens is 524 g/mol. The standard InChI is InChI=1S/C28H42O3.C6H5ClO2/c1-3-5-7-9-11-13-15-25-17-21-27(22-18-25)29-31-30-28-23-19-26(20-24-28)16-14-12-10-8-6-4-2;7-5-3-4(8)1-2-6(5)9/h17-24H,3-16H2,1-2H3;1-3,8-9H. The van der Waals surface area contributed by atoms with Gasteiger partial charge in [0, 0.05) is 11.1 Å². The van der Waals surface area contributed by atoms with Gasteiger partial charge in [-0.2, -0.15) is 0 Å². The van der Waals surface area contributed by atoms with Gasteiger partial charge in [-0.25, -0.2) is 0 Å². The zero-order valence-electron chi connectivity index (χ0n) is 24.2. The van der Waals surface area contributed by atoms with E-state index in [2.05, 4.69) is 38.1 Å². The van der Waals surface area contributed by atoms with E-state index in [0.29, 0.717) is 11.5 Å². The monoisotopic (exact) mass is 570 g/mol. The van der Waals surface area contributed by atoms with Crippen molar-refractivity contribution in [2.45, 2.75) is 104 Å². The first-order valence-electron chi connectivity index (χ1n) is 14.9. The lowest BCUT2D eigenvalue weighted by atomic mass is 10.1. The fraction of sp³-hybridized carbons (Fsp3) is 0.471. The highest BCUT2D eigenvalue weighted by Crippen LogP contribution is 2.26. The van der Waals surface area contributed by atoms with E-state index in [-0.39, 0.29) is 16.5 Å². The Morgan fingerprint density at radius 2 is 0.975 bits per heavy atom. The van der Waals surface area contributed by atoms with Gasteiger partial charge < -0.3 is 10.2 Å². The van der Waals surface area contributed by atoms with Crippen LogP contribution in [-0.2, 0) is 17.9 Å². The molecule has 3 rings (SSSR count). The van der Waals surface area contributed by atoms with Gasteiger partial charge in [-0.3, -0.25) is 9.78 Å². The largest absolute Gasteiger partial charge is 0.508 e. The topological polar surface area (TPSA) is 68.2 Å². The number of unbranched alkanes of at least 4 members (excludes halogenated alkanes) is 10. The van der Waals surface area contributed by atoms with Crippen LogP contribution in [0.1, 0.15) is 102 Å². The summed E-state index contributed by atoms with van der Waals surface area (Å²) in [7, 11) is 0. The van der Waals surface area contributed by atoms with Crippen LogP contribution >= 0.6 is 11.6 Å². The Bertz CT molecular complexity index is 978. The van der Waals surface area contributed by atoms with Crippen molar-refractivity contribution in [1.82, 2.24) is 0 Å². The van der Waals surface area contributed by atoms with Crippen molar-refractivity contribution in [3.8, 4) is 23.0 Å². The van der Waals surface area contributed by atoms with Crippen LogP contribution in [0.4, 0.5) is 0 Å². The van der Waals surface area contributed by atoms with Crippen molar-refractivity contribution in [1.29, 1.82) is 0 Å². The molecule has 3 aromatic rings. The second-order valence-electron chi connectivity index (χ2n) is 10.2. The summed E-state index contributed by atoms with van der Waals surface area (Å²) in [5.74, 6) is 1.32. The Morgan fingerprint density at radius 3 is 1.38 bits per heavy atom. The Hall–Kier alpha value is -2.89. The minimum atomic E-state index is -0.0190. The summed E-state index contributed by atoms with van der Waals surface area (Å²) in [5.41, 5.74) is 2.68. The first-order chi connectivity index (χ1) is 19.5. The predicted molar refractivity (Wildman–Crippen MR) is 164 cm³/mol. The third kappa shape index (κ3) is 15.0. The summed E-state index contributed by atoms with van der Waals surface area (Å²) in [4.78, 5) is 10.5. The number of hydrogen-bond acceptors (Lipinski definition) is 5. The van der Waals surface area contributed by atoms with Crippen LogP contribution in [-0.4, -0.2) is 10.2 Å². The molecule has 0 amide bonds. The Balaban J connectivity index is 0.000000526. The maximum Gasteiger partial charge on any atom is 0.169 e. The molecule has 0 unspecified atom stereocenters. The van der Waals surface area contributed by atoms with Gasteiger partial charge in [0.1, 0.15) is 11.5 Å². The number of phenolic OH excluding ortho intramolecular Hbond substituents is 2. The van der Waals surface area contributed by atoms with Crippen LogP contribution < -0.4 is 9.78 Å². The van der Waals surface area contributed by atoms with Crippen LogP contribution in [0.15, 0.2) is 66.7 Å². The van der Waals surface area contributed by atoms with Gasteiger partial charge >= 0.3 is 0 Å². The lowest BCUT2D eigenvalue weighted by Crippen LogP contribution is -2.02. The van der Waals surface area contributed by atoms with Gasteiger partial charge in [0.2, 0.25) is 0 Å². The molecule has 40 heavy (non-hydrogen) atoms. The molecule has 0 fully saturated rings. The van der Waals surface area contributed by atoms with Gasteiger partial charge in [-0.05, 0) is 73.2 Å². The summed E-state index contributed by atoms with van der Waals surface area (Å²) in [6.07, 6.45) is 18.1. The number of hydrogen-bond donors (Lipinski definition) is 2. The highest BCUT2D eigenvalue weighted by Gasteiger charge is 2.01. The summed E-state index contributed by atoms with van der Waals surface area (Å²) in [5, 5.41) is 22.7. The molecular formula is C34H47ClO5. The van der Waals surface area contributed by atoms with E-state index in [1.807, 2.05) is 24.3 Å². The van der Waals surface area contributed by atoms with Crippen molar-refractivity contribution in [2.24, 2.45) is 0 Å². The fourth-order valence-corrected chi connectivity index (χ4v) is 4.41. The molecule has 0 heterocycles. The molecule has 0 aliphatic carbocycles. The van der Waals surface area contributed by atoms with Crippen molar-refractivity contribution in [2.75, 3.05) is 0 Å². The fourth-order valence-electron chi connectivity index (χ4n) is 4.23. The van der Waals surface area contributed by atoms with E-state index in [1.165, 1.54) is 106 Å². The maximum absolute atomic E-state index is 8.80. The normalized spacial score (nSPS) is 10.6. The van der Waals surface area contributed by atoms with Crippen molar-refractivity contribution in [3.05, 3.63) is 82.9 Å². The SMILES string of the molecule is CCCCCCCCc1ccc(OOOc2ccc(CCCCCCCC)cc2)cc1.Oc1ccc(O)c(Cl)c1. The summed E-state index contributed by atoms with van der Waals surface area (Å²) in [6, 6.07) is 20.1. The maximum atomic E-state index is 8.80. The van der Waals surface area contributed by atoms with Gasteiger partial charge in [0.05, 0.1) is 5.02 Å². The molecule has 0 saturated heterocycles. The number of phenols is 2. The molecule has 0 saturated carbocycles.